The zero-order valence-electron chi connectivity index (χ0n) is 11.2. The SMILES string of the molecule is CC(c1ccc(Br)cc1)N1CCCC(C)(CO)C1. The Bertz CT molecular complexity index is 392. The van der Waals surface area contributed by atoms with E-state index < -0.39 is 0 Å². The fourth-order valence-electron chi connectivity index (χ4n) is 2.77. The maximum absolute atomic E-state index is 9.52. The Balaban J connectivity index is 2.09. The van der Waals surface area contributed by atoms with E-state index in [1.54, 1.807) is 0 Å². The second kappa shape index (κ2) is 5.72. The minimum absolute atomic E-state index is 0.0713. The van der Waals surface area contributed by atoms with Gasteiger partial charge in [0.05, 0.1) is 0 Å². The molecule has 1 aromatic rings. The standard InChI is InChI=1S/C15H22BrNO/c1-12(13-4-6-14(16)7-5-13)17-9-3-8-15(2,10-17)11-18/h4-7,12,18H,3,8-11H2,1-2H3. The topological polar surface area (TPSA) is 23.5 Å². The van der Waals surface area contributed by atoms with E-state index in [4.69, 9.17) is 0 Å². The molecule has 2 nitrogen and oxygen atoms in total. The summed E-state index contributed by atoms with van der Waals surface area (Å²) in [6.45, 7) is 6.85. The van der Waals surface area contributed by atoms with Crippen molar-refractivity contribution in [3.8, 4) is 0 Å². The van der Waals surface area contributed by atoms with Gasteiger partial charge in [0.1, 0.15) is 0 Å². The second-order valence-corrected chi connectivity index (χ2v) is 6.69. The van der Waals surface area contributed by atoms with E-state index in [1.165, 1.54) is 12.0 Å². The number of halogens is 1. The van der Waals surface area contributed by atoms with Gasteiger partial charge in [0, 0.05) is 29.1 Å². The van der Waals surface area contributed by atoms with Crippen molar-refractivity contribution in [1.29, 1.82) is 0 Å². The maximum atomic E-state index is 9.52. The van der Waals surface area contributed by atoms with Crippen molar-refractivity contribution in [2.45, 2.75) is 32.7 Å². The highest BCUT2D eigenvalue weighted by Gasteiger charge is 2.32. The Morgan fingerprint density at radius 3 is 2.67 bits per heavy atom. The van der Waals surface area contributed by atoms with E-state index in [0.29, 0.717) is 6.04 Å². The zero-order valence-corrected chi connectivity index (χ0v) is 12.8. The molecule has 100 valence electrons. The normalized spacial score (nSPS) is 27.1. The summed E-state index contributed by atoms with van der Waals surface area (Å²) in [5.74, 6) is 0. The van der Waals surface area contributed by atoms with Gasteiger partial charge in [-0.05, 0) is 44.0 Å². The maximum Gasteiger partial charge on any atom is 0.0497 e. The fourth-order valence-corrected chi connectivity index (χ4v) is 3.03. The van der Waals surface area contributed by atoms with Crippen LogP contribution in [0.3, 0.4) is 0 Å². The lowest BCUT2D eigenvalue weighted by molar-refractivity contribution is 0.0281. The first-order valence-corrected chi connectivity index (χ1v) is 7.44. The van der Waals surface area contributed by atoms with Gasteiger partial charge in [0.25, 0.3) is 0 Å². The Morgan fingerprint density at radius 2 is 2.06 bits per heavy atom. The summed E-state index contributed by atoms with van der Waals surface area (Å²) in [5.41, 5.74) is 1.42. The third-order valence-corrected chi connectivity index (χ3v) is 4.62. The van der Waals surface area contributed by atoms with Gasteiger partial charge in [-0.25, -0.2) is 0 Å². The molecular formula is C15H22BrNO. The van der Waals surface area contributed by atoms with E-state index in [2.05, 4.69) is 58.9 Å². The van der Waals surface area contributed by atoms with Crippen molar-refractivity contribution < 1.29 is 5.11 Å². The molecule has 0 aliphatic carbocycles. The number of aliphatic hydroxyl groups is 1. The van der Waals surface area contributed by atoms with E-state index in [9.17, 15) is 5.11 Å². The van der Waals surface area contributed by atoms with Crippen LogP contribution in [0.2, 0.25) is 0 Å². The number of nitrogens with zero attached hydrogens (tertiary/aromatic N) is 1. The molecule has 0 amide bonds. The molecule has 0 bridgehead atoms. The average molecular weight is 312 g/mol. The monoisotopic (exact) mass is 311 g/mol. The van der Waals surface area contributed by atoms with Crippen LogP contribution in [-0.2, 0) is 0 Å². The van der Waals surface area contributed by atoms with Crippen molar-refractivity contribution in [2.24, 2.45) is 5.41 Å². The molecule has 0 saturated carbocycles. The Hall–Kier alpha value is -0.380. The summed E-state index contributed by atoms with van der Waals surface area (Å²) in [6.07, 6.45) is 2.31. The molecule has 1 saturated heterocycles. The summed E-state index contributed by atoms with van der Waals surface area (Å²) in [5, 5.41) is 9.52. The fraction of sp³-hybridized carbons (Fsp3) is 0.600. The first-order chi connectivity index (χ1) is 8.54. The lowest BCUT2D eigenvalue weighted by atomic mass is 9.82. The van der Waals surface area contributed by atoms with Crippen molar-refractivity contribution >= 4 is 15.9 Å². The molecule has 1 heterocycles. The Kier molecular flexibility index (Phi) is 4.46. The molecule has 2 rings (SSSR count). The highest BCUT2D eigenvalue weighted by molar-refractivity contribution is 9.10. The van der Waals surface area contributed by atoms with Crippen LogP contribution in [0.25, 0.3) is 0 Å². The smallest absolute Gasteiger partial charge is 0.0497 e. The number of hydrogen-bond donors (Lipinski definition) is 1. The molecule has 1 aliphatic rings. The molecule has 0 spiro atoms. The average Bonchev–Trinajstić information content (AvgIpc) is 2.39. The number of benzene rings is 1. The second-order valence-electron chi connectivity index (χ2n) is 5.77. The minimum Gasteiger partial charge on any atom is -0.396 e. The summed E-state index contributed by atoms with van der Waals surface area (Å²) in [6, 6.07) is 8.98. The summed E-state index contributed by atoms with van der Waals surface area (Å²) >= 11 is 3.47. The number of piperidine rings is 1. The predicted octanol–water partition coefficient (Wildman–Crippen LogP) is 3.60. The van der Waals surface area contributed by atoms with Gasteiger partial charge in [-0.2, -0.15) is 0 Å². The summed E-state index contributed by atoms with van der Waals surface area (Å²) < 4.78 is 1.12. The molecule has 18 heavy (non-hydrogen) atoms. The van der Waals surface area contributed by atoms with Gasteiger partial charge in [-0.15, -0.1) is 0 Å². The summed E-state index contributed by atoms with van der Waals surface area (Å²) in [4.78, 5) is 2.49. The summed E-state index contributed by atoms with van der Waals surface area (Å²) in [7, 11) is 0. The number of likely N-dealkylation sites (tertiary alicyclic amines) is 1. The third-order valence-electron chi connectivity index (χ3n) is 4.09. The van der Waals surface area contributed by atoms with E-state index >= 15 is 0 Å². The first-order valence-electron chi connectivity index (χ1n) is 6.64. The number of aliphatic hydroxyl groups excluding tert-OH is 1. The molecular weight excluding hydrogens is 290 g/mol. The van der Waals surface area contributed by atoms with Crippen LogP contribution in [-0.4, -0.2) is 29.7 Å². The van der Waals surface area contributed by atoms with Crippen molar-refractivity contribution in [2.75, 3.05) is 19.7 Å². The van der Waals surface area contributed by atoms with Crippen LogP contribution in [0.1, 0.15) is 38.3 Å². The molecule has 0 aromatic heterocycles. The van der Waals surface area contributed by atoms with Crippen LogP contribution < -0.4 is 0 Å². The quantitative estimate of drug-likeness (QED) is 0.922. The van der Waals surface area contributed by atoms with Gasteiger partial charge in [-0.3, -0.25) is 4.90 Å². The zero-order chi connectivity index (χ0) is 13.2. The molecule has 1 N–H and O–H groups in total. The molecule has 1 aliphatic heterocycles. The number of rotatable bonds is 3. The number of hydrogen-bond acceptors (Lipinski definition) is 2. The minimum atomic E-state index is 0.0713. The molecule has 2 unspecified atom stereocenters. The molecule has 2 atom stereocenters. The first kappa shape index (κ1) is 14.0. The van der Waals surface area contributed by atoms with E-state index in [0.717, 1.165) is 24.0 Å². The highest BCUT2D eigenvalue weighted by Crippen LogP contribution is 2.33. The van der Waals surface area contributed by atoms with Crippen LogP contribution in [0, 0.1) is 5.41 Å². The Morgan fingerprint density at radius 1 is 1.39 bits per heavy atom. The van der Waals surface area contributed by atoms with Crippen molar-refractivity contribution in [3.05, 3.63) is 34.3 Å². The van der Waals surface area contributed by atoms with Gasteiger partial charge in [0.15, 0.2) is 0 Å². The lowest BCUT2D eigenvalue weighted by Crippen LogP contribution is -2.44. The predicted molar refractivity (Wildman–Crippen MR) is 78.6 cm³/mol. The van der Waals surface area contributed by atoms with Crippen molar-refractivity contribution in [3.63, 3.8) is 0 Å². The Labute approximate surface area is 118 Å². The van der Waals surface area contributed by atoms with E-state index in [1.807, 2.05) is 0 Å². The van der Waals surface area contributed by atoms with Crippen LogP contribution in [0.15, 0.2) is 28.7 Å². The molecule has 1 aromatic carbocycles. The van der Waals surface area contributed by atoms with Gasteiger partial charge < -0.3 is 5.11 Å². The van der Waals surface area contributed by atoms with Gasteiger partial charge >= 0.3 is 0 Å². The van der Waals surface area contributed by atoms with Gasteiger partial charge in [-0.1, -0.05) is 35.0 Å². The molecule has 1 fully saturated rings. The van der Waals surface area contributed by atoms with E-state index in [-0.39, 0.29) is 12.0 Å². The van der Waals surface area contributed by atoms with Crippen LogP contribution in [0.4, 0.5) is 0 Å². The molecule has 0 radical (unpaired) electrons. The third kappa shape index (κ3) is 3.14. The largest absolute Gasteiger partial charge is 0.396 e. The van der Waals surface area contributed by atoms with Crippen LogP contribution in [0.5, 0.6) is 0 Å². The highest BCUT2D eigenvalue weighted by atomic mass is 79.9. The lowest BCUT2D eigenvalue weighted by Gasteiger charge is -2.42. The van der Waals surface area contributed by atoms with Gasteiger partial charge in [0.2, 0.25) is 0 Å². The van der Waals surface area contributed by atoms with Crippen LogP contribution >= 0.6 is 15.9 Å². The molecule has 3 heteroatoms. The van der Waals surface area contributed by atoms with Crippen molar-refractivity contribution in [1.82, 2.24) is 4.90 Å².